The fraction of sp³-hybridized carbons (Fsp3) is 0.500. The Labute approximate surface area is 136 Å². The van der Waals surface area contributed by atoms with Crippen LogP contribution in [0.3, 0.4) is 0 Å². The van der Waals surface area contributed by atoms with Crippen LogP contribution >= 0.6 is 43.5 Å². The van der Waals surface area contributed by atoms with Crippen molar-refractivity contribution >= 4 is 53.5 Å². The maximum atomic E-state index is 12.3. The molecule has 3 nitrogen and oxygen atoms in total. The number of halogens is 3. The van der Waals surface area contributed by atoms with Crippen LogP contribution in [-0.2, 0) is 10.0 Å². The van der Waals surface area contributed by atoms with Crippen molar-refractivity contribution < 1.29 is 8.42 Å². The van der Waals surface area contributed by atoms with Gasteiger partial charge in [0.25, 0.3) is 0 Å². The second-order valence-electron chi connectivity index (χ2n) is 4.15. The summed E-state index contributed by atoms with van der Waals surface area (Å²) in [4.78, 5) is 0.256. The Morgan fingerprint density at radius 3 is 2.53 bits per heavy atom. The molecule has 0 aromatic heterocycles. The summed E-state index contributed by atoms with van der Waals surface area (Å²) < 4.78 is 26.6. The van der Waals surface area contributed by atoms with Crippen LogP contribution in [-0.4, -0.2) is 31.6 Å². The van der Waals surface area contributed by atoms with E-state index in [1.165, 1.54) is 16.4 Å². The van der Waals surface area contributed by atoms with Crippen LogP contribution in [0.4, 0.5) is 0 Å². The van der Waals surface area contributed by atoms with Gasteiger partial charge in [-0.05, 0) is 47.0 Å². The zero-order valence-corrected chi connectivity index (χ0v) is 15.3. The first-order valence-electron chi connectivity index (χ1n) is 5.87. The highest BCUT2D eigenvalue weighted by Crippen LogP contribution is 2.26. The molecule has 0 aliphatic carbocycles. The van der Waals surface area contributed by atoms with Crippen molar-refractivity contribution in [2.45, 2.75) is 24.2 Å². The summed E-state index contributed by atoms with van der Waals surface area (Å²) >= 11 is 12.5. The van der Waals surface area contributed by atoms with Gasteiger partial charge in [0.15, 0.2) is 0 Å². The predicted octanol–water partition coefficient (Wildman–Crippen LogP) is 4.29. The third-order valence-electron chi connectivity index (χ3n) is 2.71. The minimum absolute atomic E-state index is 0.256. The van der Waals surface area contributed by atoms with Crippen LogP contribution in [0.25, 0.3) is 0 Å². The molecule has 108 valence electrons. The highest BCUT2D eigenvalue weighted by Gasteiger charge is 2.20. The van der Waals surface area contributed by atoms with E-state index in [0.717, 1.165) is 24.6 Å². The number of nitrogens with zero attached hydrogens (tertiary/aromatic N) is 1. The Kier molecular flexibility index (Phi) is 7.32. The average molecular weight is 434 g/mol. The average Bonchev–Trinajstić information content (AvgIpc) is 2.37. The van der Waals surface area contributed by atoms with Gasteiger partial charge in [-0.15, -0.1) is 0 Å². The maximum absolute atomic E-state index is 12.3. The van der Waals surface area contributed by atoms with Crippen molar-refractivity contribution in [3.63, 3.8) is 0 Å². The number of alkyl halides is 1. The molecule has 19 heavy (non-hydrogen) atoms. The second-order valence-corrected chi connectivity index (χ2v) is 8.25. The zero-order valence-electron chi connectivity index (χ0n) is 10.6. The maximum Gasteiger partial charge on any atom is 0.242 e. The third kappa shape index (κ3) is 5.01. The summed E-state index contributed by atoms with van der Waals surface area (Å²) in [5, 5.41) is 1.45. The second kappa shape index (κ2) is 7.98. The lowest BCUT2D eigenvalue weighted by Gasteiger charge is -2.17. The molecule has 0 atom stereocenters. The monoisotopic (exact) mass is 431 g/mol. The van der Waals surface area contributed by atoms with Gasteiger partial charge in [-0.2, -0.15) is 0 Å². The number of unbranched alkanes of at least 4 members (excludes halogenated alkanes) is 2. The smallest absolute Gasteiger partial charge is 0.207 e. The van der Waals surface area contributed by atoms with Crippen LogP contribution in [0, 0.1) is 0 Å². The van der Waals surface area contributed by atoms with E-state index in [9.17, 15) is 8.42 Å². The van der Waals surface area contributed by atoms with Crippen molar-refractivity contribution in [1.82, 2.24) is 4.31 Å². The van der Waals surface area contributed by atoms with Gasteiger partial charge in [0.1, 0.15) is 0 Å². The molecule has 0 aliphatic rings. The Morgan fingerprint density at radius 1 is 1.26 bits per heavy atom. The number of benzene rings is 1. The molecule has 0 spiro atoms. The summed E-state index contributed by atoms with van der Waals surface area (Å²) in [6.45, 7) is 0.523. The van der Waals surface area contributed by atoms with E-state index >= 15 is 0 Å². The molecule has 0 amide bonds. The van der Waals surface area contributed by atoms with Crippen molar-refractivity contribution in [2.24, 2.45) is 0 Å². The van der Waals surface area contributed by atoms with Gasteiger partial charge in [-0.3, -0.25) is 0 Å². The molecule has 0 heterocycles. The van der Waals surface area contributed by atoms with E-state index in [1.54, 1.807) is 13.1 Å². The molecule has 7 heteroatoms. The van der Waals surface area contributed by atoms with E-state index in [2.05, 4.69) is 31.9 Å². The first-order valence-corrected chi connectivity index (χ1v) is 9.60. The van der Waals surface area contributed by atoms with Gasteiger partial charge in [0, 0.05) is 23.4 Å². The van der Waals surface area contributed by atoms with E-state index in [-0.39, 0.29) is 4.90 Å². The quantitative estimate of drug-likeness (QED) is 0.475. The summed E-state index contributed by atoms with van der Waals surface area (Å²) in [7, 11) is -1.83. The summed E-state index contributed by atoms with van der Waals surface area (Å²) in [6, 6.07) is 4.64. The lowest BCUT2D eigenvalue weighted by molar-refractivity contribution is 0.454. The van der Waals surface area contributed by atoms with Gasteiger partial charge in [0.2, 0.25) is 10.0 Å². The fourth-order valence-corrected chi connectivity index (χ4v) is 3.82. The first-order chi connectivity index (χ1) is 8.89. The summed E-state index contributed by atoms with van der Waals surface area (Å²) in [5.74, 6) is 0. The molecular weight excluding hydrogens is 417 g/mol. The molecule has 0 fully saturated rings. The van der Waals surface area contributed by atoms with E-state index < -0.39 is 10.0 Å². The lowest BCUT2D eigenvalue weighted by atomic mass is 10.2. The molecule has 0 aliphatic heterocycles. The molecule has 1 aromatic carbocycles. The molecule has 0 N–H and O–H groups in total. The Morgan fingerprint density at radius 2 is 1.95 bits per heavy atom. The van der Waals surface area contributed by atoms with Crippen LogP contribution < -0.4 is 0 Å². The first kappa shape index (κ1) is 17.4. The number of hydrogen-bond acceptors (Lipinski definition) is 2. The molecule has 0 radical (unpaired) electrons. The van der Waals surface area contributed by atoms with Crippen molar-refractivity contribution in [1.29, 1.82) is 0 Å². The Bertz CT molecular complexity index is 522. The fourth-order valence-electron chi connectivity index (χ4n) is 1.54. The normalized spacial score (nSPS) is 12.1. The summed E-state index contributed by atoms with van der Waals surface area (Å²) in [5.41, 5.74) is 0. The van der Waals surface area contributed by atoms with Gasteiger partial charge in [-0.1, -0.05) is 34.0 Å². The predicted molar refractivity (Wildman–Crippen MR) is 86.6 cm³/mol. The van der Waals surface area contributed by atoms with Crippen LogP contribution in [0.2, 0.25) is 5.02 Å². The molecule has 1 rings (SSSR count). The number of sulfonamides is 1. The van der Waals surface area contributed by atoms with E-state index in [4.69, 9.17) is 11.6 Å². The topological polar surface area (TPSA) is 37.4 Å². The summed E-state index contributed by atoms with van der Waals surface area (Å²) in [6.07, 6.45) is 2.92. The third-order valence-corrected chi connectivity index (χ3v) is 6.33. The molecule has 0 unspecified atom stereocenters. The van der Waals surface area contributed by atoms with Crippen molar-refractivity contribution in [3.8, 4) is 0 Å². The van der Waals surface area contributed by atoms with Crippen LogP contribution in [0.1, 0.15) is 19.3 Å². The van der Waals surface area contributed by atoms with E-state index in [0.29, 0.717) is 16.0 Å². The molecule has 1 aromatic rings. The minimum atomic E-state index is -3.43. The number of hydrogen-bond donors (Lipinski definition) is 0. The zero-order chi connectivity index (χ0) is 14.5. The highest BCUT2D eigenvalue weighted by atomic mass is 79.9. The van der Waals surface area contributed by atoms with E-state index in [1.807, 2.05) is 0 Å². The lowest BCUT2D eigenvalue weighted by Crippen LogP contribution is -2.28. The Balaban J connectivity index is 2.76. The van der Waals surface area contributed by atoms with Crippen LogP contribution in [0.5, 0.6) is 0 Å². The van der Waals surface area contributed by atoms with Crippen molar-refractivity contribution in [3.05, 3.63) is 27.7 Å². The number of rotatable bonds is 7. The van der Waals surface area contributed by atoms with Gasteiger partial charge in [0.05, 0.1) is 9.92 Å². The highest BCUT2D eigenvalue weighted by molar-refractivity contribution is 9.10. The molecule has 0 saturated carbocycles. The van der Waals surface area contributed by atoms with Crippen molar-refractivity contribution in [2.75, 3.05) is 18.9 Å². The molecular formula is C12H16Br2ClNO2S. The van der Waals surface area contributed by atoms with Gasteiger partial charge >= 0.3 is 0 Å². The standard InChI is InChI=1S/C12H16Br2ClNO2S/c1-16(8-4-2-3-7-13)19(17,18)10-5-6-12(15)11(14)9-10/h5-6,9H,2-4,7-8H2,1H3. The van der Waals surface area contributed by atoms with Gasteiger partial charge in [-0.25, -0.2) is 12.7 Å². The minimum Gasteiger partial charge on any atom is -0.207 e. The molecule has 0 saturated heterocycles. The molecule has 0 bridgehead atoms. The SMILES string of the molecule is CN(CCCCCBr)S(=O)(=O)c1ccc(Cl)c(Br)c1. The van der Waals surface area contributed by atoms with Crippen LogP contribution in [0.15, 0.2) is 27.6 Å². The van der Waals surface area contributed by atoms with Gasteiger partial charge < -0.3 is 0 Å². The largest absolute Gasteiger partial charge is 0.242 e. The Hall–Kier alpha value is 0.380.